The highest BCUT2D eigenvalue weighted by molar-refractivity contribution is 5.88. The second-order valence-corrected chi connectivity index (χ2v) is 9.22. The number of hydrogen-bond donors (Lipinski definition) is 0. The van der Waals surface area contributed by atoms with Crippen LogP contribution in [-0.2, 0) is 23.9 Å². The SMILES string of the molecule is CC(=O)O[C@@H]1[C@@H]2[C@H]3C2(C)[C@@H](OC(C)=O)[C@]12C(C)(C)C(=O)CC[C@]32C. The maximum Gasteiger partial charge on any atom is 0.302 e. The van der Waals surface area contributed by atoms with E-state index in [-0.39, 0.29) is 46.7 Å². The molecule has 132 valence electrons. The molecule has 0 aromatic rings. The van der Waals surface area contributed by atoms with E-state index < -0.39 is 10.8 Å². The Morgan fingerprint density at radius 1 is 1.04 bits per heavy atom. The average molecular weight is 334 g/mol. The molecule has 0 saturated heterocycles. The van der Waals surface area contributed by atoms with E-state index >= 15 is 0 Å². The van der Waals surface area contributed by atoms with Crippen molar-refractivity contribution in [2.24, 2.45) is 33.5 Å². The molecule has 7 atom stereocenters. The van der Waals surface area contributed by atoms with Gasteiger partial charge in [0.1, 0.15) is 18.0 Å². The first-order valence-electron chi connectivity index (χ1n) is 8.85. The van der Waals surface area contributed by atoms with Gasteiger partial charge in [-0.25, -0.2) is 0 Å². The Labute approximate surface area is 142 Å². The van der Waals surface area contributed by atoms with Crippen LogP contribution >= 0.6 is 0 Å². The van der Waals surface area contributed by atoms with Gasteiger partial charge in [0.2, 0.25) is 0 Å². The van der Waals surface area contributed by atoms with Crippen molar-refractivity contribution in [1.29, 1.82) is 0 Å². The van der Waals surface area contributed by atoms with Gasteiger partial charge >= 0.3 is 11.9 Å². The molecule has 0 aliphatic heterocycles. The van der Waals surface area contributed by atoms with Gasteiger partial charge in [0.25, 0.3) is 0 Å². The Morgan fingerprint density at radius 3 is 2.17 bits per heavy atom. The lowest BCUT2D eigenvalue weighted by molar-refractivity contribution is -0.204. The summed E-state index contributed by atoms with van der Waals surface area (Å²) < 4.78 is 11.7. The van der Waals surface area contributed by atoms with Crippen molar-refractivity contribution in [3.05, 3.63) is 0 Å². The molecule has 0 aromatic heterocycles. The summed E-state index contributed by atoms with van der Waals surface area (Å²) in [6.07, 6.45) is 0.607. The summed E-state index contributed by atoms with van der Waals surface area (Å²) >= 11 is 0. The summed E-state index contributed by atoms with van der Waals surface area (Å²) in [5, 5.41) is 0. The van der Waals surface area contributed by atoms with E-state index in [1.807, 2.05) is 13.8 Å². The lowest BCUT2D eigenvalue weighted by Crippen LogP contribution is -2.63. The average Bonchev–Trinajstić information content (AvgIpc) is 2.85. The minimum atomic E-state index is -0.693. The number of Topliss-reactive ketones (excluding diaryl/α,β-unsaturated/α-hetero) is 1. The number of carbonyl (C=O) groups excluding carboxylic acids is 3. The van der Waals surface area contributed by atoms with Gasteiger partial charge in [-0.05, 0) is 17.8 Å². The first kappa shape index (κ1) is 16.1. The van der Waals surface area contributed by atoms with Crippen molar-refractivity contribution in [2.75, 3.05) is 0 Å². The maximum atomic E-state index is 12.9. The Kier molecular flexibility index (Phi) is 2.72. The largest absolute Gasteiger partial charge is 0.461 e. The normalized spacial score (nSPS) is 52.7. The van der Waals surface area contributed by atoms with Gasteiger partial charge in [-0.15, -0.1) is 0 Å². The third-order valence-corrected chi connectivity index (χ3v) is 8.20. The predicted octanol–water partition coefficient (Wildman–Crippen LogP) is 2.51. The topological polar surface area (TPSA) is 69.7 Å². The summed E-state index contributed by atoms with van der Waals surface area (Å²) in [5.41, 5.74) is -1.66. The van der Waals surface area contributed by atoms with Crippen LogP contribution in [0.3, 0.4) is 0 Å². The van der Waals surface area contributed by atoms with Gasteiger partial charge in [0.15, 0.2) is 0 Å². The number of carbonyl (C=O) groups is 3. The van der Waals surface area contributed by atoms with Crippen LogP contribution in [0.15, 0.2) is 0 Å². The van der Waals surface area contributed by atoms with E-state index in [4.69, 9.17) is 9.47 Å². The van der Waals surface area contributed by atoms with Gasteiger partial charge in [0, 0.05) is 37.0 Å². The van der Waals surface area contributed by atoms with Crippen LogP contribution in [0.2, 0.25) is 0 Å². The van der Waals surface area contributed by atoms with Crippen molar-refractivity contribution >= 4 is 17.7 Å². The van der Waals surface area contributed by atoms with E-state index in [1.54, 1.807) is 0 Å². The minimum absolute atomic E-state index is 0.149. The summed E-state index contributed by atoms with van der Waals surface area (Å²) in [4.78, 5) is 36.5. The molecule has 0 radical (unpaired) electrons. The van der Waals surface area contributed by atoms with Crippen molar-refractivity contribution in [3.63, 3.8) is 0 Å². The predicted molar refractivity (Wildman–Crippen MR) is 84.8 cm³/mol. The molecular weight excluding hydrogens is 308 g/mol. The number of esters is 2. The summed E-state index contributed by atoms with van der Waals surface area (Å²) in [7, 11) is 0. The quantitative estimate of drug-likeness (QED) is 0.726. The number of ether oxygens (including phenoxy) is 2. The van der Waals surface area contributed by atoms with Gasteiger partial charge in [-0.3, -0.25) is 14.4 Å². The highest BCUT2D eigenvalue weighted by Gasteiger charge is 2.99. The highest BCUT2D eigenvalue weighted by atomic mass is 16.6. The number of ketones is 1. The molecular formula is C19H26O5. The minimum Gasteiger partial charge on any atom is -0.461 e. The van der Waals surface area contributed by atoms with Gasteiger partial charge in [-0.2, -0.15) is 0 Å². The second-order valence-electron chi connectivity index (χ2n) is 9.22. The first-order valence-corrected chi connectivity index (χ1v) is 8.85. The smallest absolute Gasteiger partial charge is 0.302 e. The van der Waals surface area contributed by atoms with Crippen LogP contribution in [0.4, 0.5) is 0 Å². The van der Waals surface area contributed by atoms with Crippen LogP contribution in [0.25, 0.3) is 0 Å². The van der Waals surface area contributed by atoms with Crippen LogP contribution < -0.4 is 0 Å². The Balaban J connectivity index is 1.96. The third-order valence-electron chi connectivity index (χ3n) is 8.20. The monoisotopic (exact) mass is 334 g/mol. The van der Waals surface area contributed by atoms with Crippen LogP contribution in [0, 0.1) is 33.5 Å². The summed E-state index contributed by atoms with van der Waals surface area (Å²) in [5.74, 6) is 0.0484. The first-order chi connectivity index (χ1) is 11.0. The zero-order chi connectivity index (χ0) is 17.9. The van der Waals surface area contributed by atoms with E-state index in [9.17, 15) is 14.4 Å². The molecule has 1 spiro atoms. The van der Waals surface area contributed by atoms with Crippen LogP contribution in [0.5, 0.6) is 0 Å². The molecule has 0 aromatic carbocycles. The Hall–Kier alpha value is -1.39. The highest BCUT2D eigenvalue weighted by Crippen LogP contribution is 2.94. The van der Waals surface area contributed by atoms with Crippen molar-refractivity contribution in [1.82, 2.24) is 0 Å². The molecule has 24 heavy (non-hydrogen) atoms. The van der Waals surface area contributed by atoms with Gasteiger partial charge < -0.3 is 9.47 Å². The molecule has 0 amide bonds. The van der Waals surface area contributed by atoms with Gasteiger partial charge in [0.05, 0.1) is 5.41 Å². The molecule has 4 bridgehead atoms. The molecule has 0 N–H and O–H groups in total. The van der Waals surface area contributed by atoms with E-state index in [0.29, 0.717) is 12.3 Å². The van der Waals surface area contributed by atoms with E-state index in [0.717, 1.165) is 6.42 Å². The molecule has 5 heteroatoms. The number of hydrogen-bond acceptors (Lipinski definition) is 5. The maximum absolute atomic E-state index is 12.9. The fraction of sp³-hybridized carbons (Fsp3) is 0.842. The Bertz CT molecular complexity index is 681. The van der Waals surface area contributed by atoms with Gasteiger partial charge in [-0.1, -0.05) is 27.7 Å². The van der Waals surface area contributed by atoms with Crippen molar-refractivity contribution in [2.45, 2.75) is 66.6 Å². The standard InChI is InChI=1S/C19H26O5/c1-9(20)23-14-12-13-17(5)8-7-11(22)16(3,4)19(14,17)15(18(12,13)6)24-10(2)21/h12-15H,7-8H2,1-6H3/t12-,13+,14+,15+,17+,18?,19-/m0/s1. The molecule has 5 saturated carbocycles. The zero-order valence-electron chi connectivity index (χ0n) is 15.3. The summed E-state index contributed by atoms with van der Waals surface area (Å²) in [6.45, 7) is 11.1. The van der Waals surface area contributed by atoms with Crippen molar-refractivity contribution < 1.29 is 23.9 Å². The lowest BCUT2D eigenvalue weighted by atomic mass is 9.47. The second kappa shape index (κ2) is 4.05. The number of rotatable bonds is 2. The van der Waals surface area contributed by atoms with Crippen LogP contribution in [-0.4, -0.2) is 29.9 Å². The van der Waals surface area contributed by atoms with Crippen LogP contribution in [0.1, 0.15) is 54.4 Å². The zero-order valence-corrected chi connectivity index (χ0v) is 15.3. The molecule has 5 aliphatic rings. The molecule has 5 fully saturated rings. The fourth-order valence-electron chi connectivity index (χ4n) is 7.70. The lowest BCUT2D eigenvalue weighted by Gasteiger charge is -2.57. The molecule has 1 unspecified atom stereocenters. The summed E-state index contributed by atoms with van der Waals surface area (Å²) in [6, 6.07) is 0. The molecule has 5 rings (SSSR count). The Morgan fingerprint density at radius 2 is 1.62 bits per heavy atom. The molecule has 5 aliphatic carbocycles. The fourth-order valence-corrected chi connectivity index (χ4v) is 7.70. The van der Waals surface area contributed by atoms with E-state index in [1.165, 1.54) is 13.8 Å². The van der Waals surface area contributed by atoms with E-state index in [2.05, 4.69) is 13.8 Å². The van der Waals surface area contributed by atoms with Crippen molar-refractivity contribution in [3.8, 4) is 0 Å². The third kappa shape index (κ3) is 1.28. The molecule has 5 nitrogen and oxygen atoms in total. The molecule has 0 heterocycles.